The minimum absolute atomic E-state index is 0.0203. The van der Waals surface area contributed by atoms with Crippen LogP contribution >= 0.6 is 0 Å². The van der Waals surface area contributed by atoms with Crippen LogP contribution in [0.25, 0.3) is 10.8 Å². The number of nitrogens with one attached hydrogen (secondary N) is 1. The van der Waals surface area contributed by atoms with Gasteiger partial charge in [0.15, 0.2) is 5.78 Å². The van der Waals surface area contributed by atoms with Crippen molar-refractivity contribution in [2.24, 2.45) is 0 Å². The zero-order valence-corrected chi connectivity index (χ0v) is 22.3. The first-order valence-electron chi connectivity index (χ1n) is 12.6. The highest BCUT2D eigenvalue weighted by molar-refractivity contribution is 7.87. The zero-order valence-electron chi connectivity index (χ0n) is 21.5. The van der Waals surface area contributed by atoms with Gasteiger partial charge in [0, 0.05) is 48.6 Å². The summed E-state index contributed by atoms with van der Waals surface area (Å²) in [4.78, 5) is 25.4. The zero-order chi connectivity index (χ0) is 27.3. The van der Waals surface area contributed by atoms with Crippen molar-refractivity contribution in [3.05, 3.63) is 77.4 Å². The van der Waals surface area contributed by atoms with E-state index in [-0.39, 0.29) is 25.3 Å². The molecule has 9 heteroatoms. The van der Waals surface area contributed by atoms with E-state index in [1.807, 2.05) is 67.6 Å². The first-order valence-corrected chi connectivity index (χ1v) is 14.0. The van der Waals surface area contributed by atoms with E-state index < -0.39 is 22.2 Å². The van der Waals surface area contributed by atoms with Gasteiger partial charge in [-0.2, -0.15) is 17.4 Å². The highest BCUT2D eigenvalue weighted by atomic mass is 32.2. The van der Waals surface area contributed by atoms with Gasteiger partial charge in [0.1, 0.15) is 6.04 Å². The summed E-state index contributed by atoms with van der Waals surface area (Å²) < 4.78 is 29.0. The lowest BCUT2D eigenvalue weighted by molar-refractivity contribution is -0.139. The van der Waals surface area contributed by atoms with Gasteiger partial charge in [-0.15, -0.1) is 0 Å². The van der Waals surface area contributed by atoms with Crippen molar-refractivity contribution >= 4 is 38.4 Å². The largest absolute Gasteiger partial charge is 0.480 e. The standard InChI is InChI=1S/C29H31N3O5S/c1-3-5-28(29(34)35)30-38(36,37)32-18-16-31(17-19-32)25-14-11-22(12-15-25)8-9-23-10-13-24-6-4-7-26(21(2)33)27(24)20-23/h4,6-7,10-15,20,28,30H,3,5,16-19H2,1-2H3,(H,34,35)/t28-/m0/s1. The van der Waals surface area contributed by atoms with Gasteiger partial charge >= 0.3 is 5.97 Å². The number of carbonyl (C=O) groups is 2. The fourth-order valence-corrected chi connectivity index (χ4v) is 5.89. The molecule has 4 rings (SSSR count). The minimum atomic E-state index is -3.88. The lowest BCUT2D eigenvalue weighted by Crippen LogP contribution is -2.54. The van der Waals surface area contributed by atoms with Crippen LogP contribution in [0.3, 0.4) is 0 Å². The summed E-state index contributed by atoms with van der Waals surface area (Å²) in [6.07, 6.45) is 0.806. The molecule has 0 spiro atoms. The Bertz CT molecular complexity index is 1500. The number of fused-ring (bicyclic) bond motifs is 1. The molecule has 1 heterocycles. The minimum Gasteiger partial charge on any atom is -0.480 e. The third kappa shape index (κ3) is 6.40. The van der Waals surface area contributed by atoms with E-state index in [4.69, 9.17) is 0 Å². The van der Waals surface area contributed by atoms with Crippen LogP contribution in [0.1, 0.15) is 48.2 Å². The molecule has 3 aromatic carbocycles. The average Bonchev–Trinajstić information content (AvgIpc) is 2.91. The predicted octanol–water partition coefficient (Wildman–Crippen LogP) is 3.65. The summed E-state index contributed by atoms with van der Waals surface area (Å²) in [6.45, 7) is 4.89. The van der Waals surface area contributed by atoms with Crippen molar-refractivity contribution < 1.29 is 23.1 Å². The van der Waals surface area contributed by atoms with E-state index in [9.17, 15) is 23.1 Å². The van der Waals surface area contributed by atoms with E-state index in [0.29, 0.717) is 25.1 Å². The molecule has 0 aromatic heterocycles. The van der Waals surface area contributed by atoms with E-state index in [1.165, 1.54) is 4.31 Å². The van der Waals surface area contributed by atoms with Gasteiger partial charge in [-0.3, -0.25) is 9.59 Å². The Morgan fingerprint density at radius 3 is 2.26 bits per heavy atom. The Kier molecular flexibility index (Phi) is 8.47. The Balaban J connectivity index is 1.40. The monoisotopic (exact) mass is 533 g/mol. The molecule has 38 heavy (non-hydrogen) atoms. The smallest absolute Gasteiger partial charge is 0.321 e. The van der Waals surface area contributed by atoms with Crippen molar-refractivity contribution in [3.63, 3.8) is 0 Å². The first-order chi connectivity index (χ1) is 18.2. The highest BCUT2D eigenvalue weighted by Crippen LogP contribution is 2.21. The molecule has 1 aliphatic heterocycles. The second-order valence-electron chi connectivity index (χ2n) is 9.28. The molecule has 1 saturated heterocycles. The number of carboxylic acids is 1. The fourth-order valence-electron chi connectivity index (χ4n) is 4.52. The van der Waals surface area contributed by atoms with Crippen LogP contribution in [0.2, 0.25) is 0 Å². The number of rotatable bonds is 8. The number of carboxylic acid groups (broad SMARTS) is 1. The third-order valence-electron chi connectivity index (χ3n) is 6.59. The summed E-state index contributed by atoms with van der Waals surface area (Å²) in [6, 6.07) is 18.2. The van der Waals surface area contributed by atoms with Crippen LogP contribution in [0, 0.1) is 11.8 Å². The molecule has 0 unspecified atom stereocenters. The number of nitrogens with zero attached hydrogens (tertiary/aromatic N) is 2. The Morgan fingerprint density at radius 2 is 1.63 bits per heavy atom. The summed E-state index contributed by atoms with van der Waals surface area (Å²) in [5, 5.41) is 11.2. The maximum atomic E-state index is 12.7. The molecule has 1 fully saturated rings. The molecule has 0 aliphatic carbocycles. The molecule has 3 aromatic rings. The predicted molar refractivity (Wildman–Crippen MR) is 149 cm³/mol. The van der Waals surface area contributed by atoms with E-state index in [2.05, 4.69) is 21.5 Å². The first kappa shape index (κ1) is 27.3. The summed E-state index contributed by atoms with van der Waals surface area (Å²) in [5.41, 5.74) is 3.31. The van der Waals surface area contributed by atoms with Crippen LogP contribution in [0.5, 0.6) is 0 Å². The van der Waals surface area contributed by atoms with Crippen molar-refractivity contribution in [2.75, 3.05) is 31.1 Å². The number of hydrogen-bond acceptors (Lipinski definition) is 5. The molecule has 1 aliphatic rings. The number of anilines is 1. The Hall–Kier alpha value is -3.71. The summed E-state index contributed by atoms with van der Waals surface area (Å²) in [7, 11) is -3.88. The molecule has 2 N–H and O–H groups in total. The van der Waals surface area contributed by atoms with Crippen LogP contribution < -0.4 is 9.62 Å². The number of Topliss-reactive ketones (excluding diaryl/α,β-unsaturated/α-hetero) is 1. The molecule has 0 radical (unpaired) electrons. The molecule has 0 bridgehead atoms. The van der Waals surface area contributed by atoms with Crippen molar-refractivity contribution in [3.8, 4) is 11.8 Å². The van der Waals surface area contributed by atoms with Crippen LogP contribution in [0.15, 0.2) is 60.7 Å². The average molecular weight is 534 g/mol. The highest BCUT2D eigenvalue weighted by Gasteiger charge is 2.31. The molecule has 0 amide bonds. The van der Waals surface area contributed by atoms with Gasteiger partial charge in [0.25, 0.3) is 10.2 Å². The lowest BCUT2D eigenvalue weighted by atomic mass is 10.00. The van der Waals surface area contributed by atoms with Gasteiger partial charge in [0.2, 0.25) is 0 Å². The number of aliphatic carboxylic acids is 1. The second kappa shape index (κ2) is 11.8. The van der Waals surface area contributed by atoms with Crippen LogP contribution in [0.4, 0.5) is 5.69 Å². The van der Waals surface area contributed by atoms with E-state index >= 15 is 0 Å². The number of benzene rings is 3. The molecule has 198 valence electrons. The van der Waals surface area contributed by atoms with E-state index in [0.717, 1.165) is 27.6 Å². The van der Waals surface area contributed by atoms with Crippen molar-refractivity contribution in [2.45, 2.75) is 32.7 Å². The maximum absolute atomic E-state index is 12.7. The second-order valence-corrected chi connectivity index (χ2v) is 11.0. The van der Waals surface area contributed by atoms with Crippen molar-refractivity contribution in [1.29, 1.82) is 0 Å². The quantitative estimate of drug-likeness (QED) is 0.338. The molecule has 8 nitrogen and oxygen atoms in total. The third-order valence-corrected chi connectivity index (χ3v) is 8.22. The number of ketones is 1. The summed E-state index contributed by atoms with van der Waals surface area (Å²) >= 11 is 0. The molecular formula is C29H31N3O5S. The number of carbonyl (C=O) groups excluding carboxylic acids is 1. The van der Waals surface area contributed by atoms with Gasteiger partial charge < -0.3 is 10.0 Å². The normalized spacial score (nSPS) is 15.1. The van der Waals surface area contributed by atoms with Crippen LogP contribution in [-0.4, -0.2) is 61.8 Å². The van der Waals surface area contributed by atoms with E-state index in [1.54, 1.807) is 6.92 Å². The topological polar surface area (TPSA) is 107 Å². The van der Waals surface area contributed by atoms with Gasteiger partial charge in [0.05, 0.1) is 0 Å². The SMILES string of the molecule is CCC[C@H](NS(=O)(=O)N1CCN(c2ccc(C#Cc3ccc4cccc(C(C)=O)c4c3)cc2)CC1)C(=O)O. The molecule has 1 atom stereocenters. The van der Waals surface area contributed by atoms with Gasteiger partial charge in [-0.1, -0.05) is 49.5 Å². The van der Waals surface area contributed by atoms with Gasteiger partial charge in [-0.05, 0) is 60.5 Å². The van der Waals surface area contributed by atoms with Gasteiger partial charge in [-0.25, -0.2) is 0 Å². The maximum Gasteiger partial charge on any atom is 0.321 e. The van der Waals surface area contributed by atoms with Crippen LogP contribution in [-0.2, 0) is 15.0 Å². The Labute approximate surface area is 223 Å². The van der Waals surface area contributed by atoms with Crippen molar-refractivity contribution in [1.82, 2.24) is 9.03 Å². The lowest BCUT2D eigenvalue weighted by Gasteiger charge is -2.35. The Morgan fingerprint density at radius 1 is 0.974 bits per heavy atom. The number of hydrogen-bond donors (Lipinski definition) is 2. The number of piperazine rings is 1. The molecular weight excluding hydrogens is 502 g/mol. The summed E-state index contributed by atoms with van der Waals surface area (Å²) in [5.74, 6) is 5.20. The fraction of sp³-hybridized carbons (Fsp3) is 0.310. The molecule has 0 saturated carbocycles.